The summed E-state index contributed by atoms with van der Waals surface area (Å²) in [6.45, 7) is 1.17. The van der Waals surface area contributed by atoms with E-state index >= 15 is 0 Å². The van der Waals surface area contributed by atoms with Gasteiger partial charge in [-0.05, 0) is 36.5 Å². The number of halogens is 2. The van der Waals surface area contributed by atoms with Gasteiger partial charge in [-0.3, -0.25) is 0 Å². The van der Waals surface area contributed by atoms with Crippen LogP contribution in [0.5, 0.6) is 5.75 Å². The van der Waals surface area contributed by atoms with Crippen molar-refractivity contribution in [2.45, 2.75) is 25.8 Å². The van der Waals surface area contributed by atoms with Gasteiger partial charge in [0.2, 0.25) is 0 Å². The molecule has 0 aromatic heterocycles. The van der Waals surface area contributed by atoms with Crippen LogP contribution in [0.2, 0.25) is 0 Å². The van der Waals surface area contributed by atoms with Crippen LogP contribution in [0.3, 0.4) is 0 Å². The quantitative estimate of drug-likeness (QED) is 0.427. The maximum atomic E-state index is 13.1. The van der Waals surface area contributed by atoms with E-state index in [4.69, 9.17) is 10.8 Å². The third kappa shape index (κ3) is 4.85. The minimum atomic E-state index is -0.635. The first kappa shape index (κ1) is 16.0. The number of benzene rings is 1. The van der Waals surface area contributed by atoms with Crippen molar-refractivity contribution in [2.75, 3.05) is 6.54 Å². The van der Waals surface area contributed by atoms with Crippen molar-refractivity contribution in [2.24, 2.45) is 16.6 Å². The van der Waals surface area contributed by atoms with E-state index in [9.17, 15) is 4.39 Å². The van der Waals surface area contributed by atoms with Crippen LogP contribution in [0.4, 0.5) is 4.39 Å². The SMILES string of the molecule is I.NC(=NCc1ccc(O)c(F)c1)NCC1CCC1. The Morgan fingerprint density at radius 1 is 1.47 bits per heavy atom. The standard InChI is InChI=1S/C13H18FN3O.HI/c14-11-6-10(4-5-12(11)18)8-17-13(15)16-7-9-2-1-3-9;/h4-6,9,18H,1-3,7-8H2,(H3,15,16,17);1H. The van der Waals surface area contributed by atoms with Gasteiger partial charge in [0.05, 0.1) is 6.54 Å². The molecule has 1 aliphatic carbocycles. The van der Waals surface area contributed by atoms with E-state index in [0.717, 1.165) is 6.54 Å². The molecule has 0 atom stereocenters. The molecule has 4 nitrogen and oxygen atoms in total. The lowest BCUT2D eigenvalue weighted by Crippen LogP contribution is -2.37. The second-order valence-electron chi connectivity index (χ2n) is 4.67. The summed E-state index contributed by atoms with van der Waals surface area (Å²) in [4.78, 5) is 4.13. The lowest BCUT2D eigenvalue weighted by Gasteiger charge is -2.25. The van der Waals surface area contributed by atoms with Crippen molar-refractivity contribution in [3.8, 4) is 5.75 Å². The summed E-state index contributed by atoms with van der Waals surface area (Å²) in [6, 6.07) is 4.21. The Hall–Kier alpha value is -1.05. The molecule has 19 heavy (non-hydrogen) atoms. The molecule has 0 unspecified atom stereocenters. The fourth-order valence-electron chi connectivity index (χ4n) is 1.83. The summed E-state index contributed by atoms with van der Waals surface area (Å²) in [6.07, 6.45) is 3.81. The summed E-state index contributed by atoms with van der Waals surface area (Å²) in [5, 5.41) is 12.1. The molecule has 0 heterocycles. The summed E-state index contributed by atoms with van der Waals surface area (Å²) < 4.78 is 13.1. The van der Waals surface area contributed by atoms with Gasteiger partial charge in [-0.25, -0.2) is 9.38 Å². The zero-order chi connectivity index (χ0) is 13.0. The number of aromatic hydroxyl groups is 1. The molecule has 1 fully saturated rings. The predicted octanol–water partition coefficient (Wildman–Crippen LogP) is 2.35. The minimum Gasteiger partial charge on any atom is -0.505 e. The lowest BCUT2D eigenvalue weighted by molar-refractivity contribution is 0.315. The first-order valence-corrected chi connectivity index (χ1v) is 6.16. The van der Waals surface area contributed by atoms with Gasteiger partial charge in [-0.2, -0.15) is 0 Å². The van der Waals surface area contributed by atoms with E-state index in [1.54, 1.807) is 6.07 Å². The molecule has 1 aliphatic rings. The van der Waals surface area contributed by atoms with Crippen LogP contribution in [0.15, 0.2) is 23.2 Å². The van der Waals surface area contributed by atoms with Crippen molar-refractivity contribution in [3.05, 3.63) is 29.6 Å². The van der Waals surface area contributed by atoms with E-state index in [1.165, 1.54) is 31.4 Å². The number of aliphatic imine (C=N–C) groups is 1. The van der Waals surface area contributed by atoms with Crippen molar-refractivity contribution in [1.82, 2.24) is 5.32 Å². The number of phenolic OH excluding ortho intramolecular Hbond substituents is 1. The number of hydrogen-bond acceptors (Lipinski definition) is 2. The van der Waals surface area contributed by atoms with Crippen LogP contribution in [-0.4, -0.2) is 17.6 Å². The van der Waals surface area contributed by atoms with Gasteiger partial charge in [0, 0.05) is 6.54 Å². The third-order valence-corrected chi connectivity index (χ3v) is 3.24. The molecule has 1 saturated carbocycles. The number of guanidine groups is 1. The van der Waals surface area contributed by atoms with Crippen LogP contribution < -0.4 is 11.1 Å². The molecule has 0 saturated heterocycles. The molecular weight excluding hydrogens is 360 g/mol. The van der Waals surface area contributed by atoms with Gasteiger partial charge in [-0.15, -0.1) is 24.0 Å². The summed E-state index contributed by atoms with van der Waals surface area (Å²) in [5.74, 6) is 0.114. The molecule has 0 spiro atoms. The highest BCUT2D eigenvalue weighted by Gasteiger charge is 2.16. The van der Waals surface area contributed by atoms with E-state index in [1.807, 2.05) is 0 Å². The average molecular weight is 379 g/mol. The first-order chi connectivity index (χ1) is 8.65. The number of phenols is 1. The molecule has 1 aromatic carbocycles. The molecule has 0 aliphatic heterocycles. The molecule has 1 aromatic rings. The number of nitrogens with two attached hydrogens (primary N) is 1. The Kier molecular flexibility index (Phi) is 6.33. The number of rotatable bonds is 4. The van der Waals surface area contributed by atoms with Crippen LogP contribution in [-0.2, 0) is 6.54 Å². The number of nitrogens with zero attached hydrogens (tertiary/aromatic N) is 1. The summed E-state index contributed by atoms with van der Waals surface area (Å²) >= 11 is 0. The highest BCUT2D eigenvalue weighted by molar-refractivity contribution is 14.0. The van der Waals surface area contributed by atoms with Gasteiger partial charge < -0.3 is 16.2 Å². The van der Waals surface area contributed by atoms with Crippen molar-refractivity contribution in [1.29, 1.82) is 0 Å². The van der Waals surface area contributed by atoms with Gasteiger partial charge in [0.15, 0.2) is 17.5 Å². The maximum Gasteiger partial charge on any atom is 0.188 e. The van der Waals surface area contributed by atoms with Crippen LogP contribution in [0.25, 0.3) is 0 Å². The molecular formula is C13H19FIN3O. The van der Waals surface area contributed by atoms with E-state index < -0.39 is 5.82 Å². The molecule has 0 amide bonds. The monoisotopic (exact) mass is 379 g/mol. The topological polar surface area (TPSA) is 70.6 Å². The predicted molar refractivity (Wildman–Crippen MR) is 84.1 cm³/mol. The molecule has 106 valence electrons. The minimum absolute atomic E-state index is 0. The van der Waals surface area contributed by atoms with Crippen LogP contribution >= 0.6 is 24.0 Å². The van der Waals surface area contributed by atoms with E-state index in [-0.39, 0.29) is 29.7 Å². The Morgan fingerprint density at radius 2 is 2.21 bits per heavy atom. The van der Waals surface area contributed by atoms with Crippen LogP contribution in [0.1, 0.15) is 24.8 Å². The molecule has 2 rings (SSSR count). The number of hydrogen-bond donors (Lipinski definition) is 3. The van der Waals surface area contributed by atoms with Crippen molar-refractivity contribution in [3.63, 3.8) is 0 Å². The van der Waals surface area contributed by atoms with Crippen LogP contribution in [0, 0.1) is 11.7 Å². The van der Waals surface area contributed by atoms with Gasteiger partial charge in [-0.1, -0.05) is 12.5 Å². The van der Waals surface area contributed by atoms with Gasteiger partial charge >= 0.3 is 0 Å². The highest BCUT2D eigenvalue weighted by Crippen LogP contribution is 2.25. The highest BCUT2D eigenvalue weighted by atomic mass is 127. The fraction of sp³-hybridized carbons (Fsp3) is 0.462. The van der Waals surface area contributed by atoms with Gasteiger partial charge in [0.1, 0.15) is 0 Å². The Balaban J connectivity index is 0.00000180. The molecule has 6 heteroatoms. The second kappa shape index (κ2) is 7.52. The summed E-state index contributed by atoms with van der Waals surface area (Å²) in [7, 11) is 0. The van der Waals surface area contributed by atoms with Crippen molar-refractivity contribution >= 4 is 29.9 Å². The number of nitrogens with one attached hydrogen (secondary N) is 1. The van der Waals surface area contributed by atoms with Gasteiger partial charge in [0.25, 0.3) is 0 Å². The Labute approximate surface area is 129 Å². The average Bonchev–Trinajstić information content (AvgIpc) is 2.29. The maximum absolute atomic E-state index is 13.1. The van der Waals surface area contributed by atoms with E-state index in [0.29, 0.717) is 24.0 Å². The normalized spacial score (nSPS) is 15.5. The zero-order valence-corrected chi connectivity index (χ0v) is 12.9. The first-order valence-electron chi connectivity index (χ1n) is 6.16. The molecule has 0 bridgehead atoms. The third-order valence-electron chi connectivity index (χ3n) is 3.24. The molecule has 0 radical (unpaired) electrons. The fourth-order valence-corrected chi connectivity index (χ4v) is 1.83. The smallest absolute Gasteiger partial charge is 0.188 e. The lowest BCUT2D eigenvalue weighted by atomic mass is 9.85. The van der Waals surface area contributed by atoms with Crippen molar-refractivity contribution < 1.29 is 9.50 Å². The Bertz CT molecular complexity index is 450. The molecule has 4 N–H and O–H groups in total. The summed E-state index contributed by atoms with van der Waals surface area (Å²) in [5.41, 5.74) is 6.39. The zero-order valence-electron chi connectivity index (χ0n) is 10.6. The van der Waals surface area contributed by atoms with E-state index in [2.05, 4.69) is 10.3 Å². The second-order valence-corrected chi connectivity index (χ2v) is 4.67. The Morgan fingerprint density at radius 3 is 2.79 bits per heavy atom. The largest absolute Gasteiger partial charge is 0.505 e.